The summed E-state index contributed by atoms with van der Waals surface area (Å²) in [5.41, 5.74) is 3.42. The van der Waals surface area contributed by atoms with Gasteiger partial charge in [-0.05, 0) is 65.5 Å². The Morgan fingerprint density at radius 3 is 2.16 bits per heavy atom. The quantitative estimate of drug-likeness (QED) is 0.631. The van der Waals surface area contributed by atoms with Gasteiger partial charge in [-0.2, -0.15) is 13.2 Å². The average molecular weight is 457 g/mol. The lowest BCUT2D eigenvalue weighted by atomic mass is 9.82. The fourth-order valence-electron chi connectivity index (χ4n) is 3.79. The van der Waals surface area contributed by atoms with Gasteiger partial charge in [0.25, 0.3) is 0 Å². The van der Waals surface area contributed by atoms with Crippen molar-refractivity contribution in [1.82, 2.24) is 4.57 Å². The number of hydrogen-bond acceptors (Lipinski definition) is 2. The number of primary sulfonamides is 1. The number of halogens is 3. The molecule has 1 fully saturated rings. The Morgan fingerprint density at radius 2 is 1.71 bits per heavy atom. The molecule has 0 saturated heterocycles. The molecule has 2 N–H and O–H groups in total. The maximum absolute atomic E-state index is 13.3. The van der Waals surface area contributed by atoms with Crippen molar-refractivity contribution in [2.45, 2.75) is 82.8 Å². The van der Waals surface area contributed by atoms with Gasteiger partial charge in [-0.1, -0.05) is 40.7 Å². The lowest BCUT2D eigenvalue weighted by Gasteiger charge is -2.24. The smallest absolute Gasteiger partial charge is 0.343 e. The van der Waals surface area contributed by atoms with E-state index in [-0.39, 0.29) is 28.0 Å². The van der Waals surface area contributed by atoms with Gasteiger partial charge in [-0.15, -0.1) is 0 Å². The van der Waals surface area contributed by atoms with Gasteiger partial charge >= 0.3 is 6.18 Å². The van der Waals surface area contributed by atoms with E-state index in [9.17, 15) is 21.6 Å². The van der Waals surface area contributed by atoms with Crippen molar-refractivity contribution in [2.24, 2.45) is 11.1 Å². The highest BCUT2D eigenvalue weighted by molar-refractivity contribution is 7.89. The Hall–Kier alpha value is -1.80. The van der Waals surface area contributed by atoms with Gasteiger partial charge in [-0.25, -0.2) is 13.6 Å². The first kappa shape index (κ1) is 23.9. The highest BCUT2D eigenvalue weighted by Crippen LogP contribution is 2.49. The van der Waals surface area contributed by atoms with Gasteiger partial charge < -0.3 is 4.57 Å². The zero-order valence-corrected chi connectivity index (χ0v) is 19.7. The van der Waals surface area contributed by atoms with Gasteiger partial charge in [0.1, 0.15) is 4.90 Å². The molecule has 3 rings (SSSR count). The molecule has 172 valence electrons. The average Bonchev–Trinajstić information content (AvgIpc) is 3.27. The van der Waals surface area contributed by atoms with Gasteiger partial charge in [0, 0.05) is 17.9 Å². The molecule has 1 saturated carbocycles. The van der Waals surface area contributed by atoms with Crippen LogP contribution < -0.4 is 5.14 Å². The topological polar surface area (TPSA) is 65.1 Å². The summed E-state index contributed by atoms with van der Waals surface area (Å²) in [5.74, 6) is -1.64. The predicted molar refractivity (Wildman–Crippen MR) is 116 cm³/mol. The summed E-state index contributed by atoms with van der Waals surface area (Å²) in [5, 5.41) is 5.38. The second-order valence-electron chi connectivity index (χ2n) is 10.2. The second-order valence-corrected chi connectivity index (χ2v) is 11.7. The summed E-state index contributed by atoms with van der Waals surface area (Å²) in [4.78, 5) is -0.141. The molecule has 0 spiro atoms. The van der Waals surface area contributed by atoms with E-state index in [2.05, 4.69) is 33.8 Å². The molecule has 1 heterocycles. The van der Waals surface area contributed by atoms with E-state index in [0.29, 0.717) is 11.3 Å². The van der Waals surface area contributed by atoms with Crippen molar-refractivity contribution in [3.63, 3.8) is 0 Å². The molecule has 1 aromatic carbocycles. The van der Waals surface area contributed by atoms with Gasteiger partial charge in [0.05, 0.1) is 5.92 Å². The van der Waals surface area contributed by atoms with E-state index in [1.807, 2.05) is 12.1 Å². The Bertz CT molecular complexity index is 1080. The van der Waals surface area contributed by atoms with Crippen LogP contribution in [0.2, 0.25) is 0 Å². The number of nitrogens with two attached hydrogens (primary N) is 1. The third-order valence-electron chi connectivity index (χ3n) is 6.43. The molecule has 2 aromatic rings. The minimum absolute atomic E-state index is 0.0461. The third kappa shape index (κ3) is 4.85. The molecule has 0 amide bonds. The summed E-state index contributed by atoms with van der Waals surface area (Å²) in [7, 11) is -4.08. The summed E-state index contributed by atoms with van der Waals surface area (Å²) >= 11 is 0. The first-order valence-electron chi connectivity index (χ1n) is 10.4. The van der Waals surface area contributed by atoms with Crippen LogP contribution in [0, 0.1) is 12.8 Å². The van der Waals surface area contributed by atoms with Crippen LogP contribution >= 0.6 is 0 Å². The molecule has 1 aliphatic rings. The molecular weight excluding hydrogens is 425 g/mol. The number of nitrogens with zero attached hydrogens (tertiary/aromatic N) is 1. The number of alkyl halides is 3. The van der Waals surface area contributed by atoms with Crippen LogP contribution in [0.15, 0.2) is 29.2 Å². The molecule has 0 radical (unpaired) electrons. The van der Waals surface area contributed by atoms with E-state index in [0.717, 1.165) is 30.9 Å². The molecule has 1 unspecified atom stereocenters. The van der Waals surface area contributed by atoms with Gasteiger partial charge in [0.2, 0.25) is 10.0 Å². The molecule has 31 heavy (non-hydrogen) atoms. The molecule has 8 heteroatoms. The van der Waals surface area contributed by atoms with Crippen molar-refractivity contribution < 1.29 is 21.6 Å². The SMILES string of the molecule is Cc1c(S(N)(=O)=O)cc(-c2cc(C(C)(C)C)cc(C3(C)CC3)c2)n1CC(C)C(F)(F)F. The lowest BCUT2D eigenvalue weighted by molar-refractivity contribution is -0.172. The molecule has 4 nitrogen and oxygen atoms in total. The summed E-state index contributed by atoms with van der Waals surface area (Å²) < 4.78 is 65.7. The van der Waals surface area contributed by atoms with Crippen LogP contribution in [0.5, 0.6) is 0 Å². The molecule has 0 bridgehead atoms. The normalized spacial score (nSPS) is 17.6. The zero-order chi connectivity index (χ0) is 23.6. The number of benzene rings is 1. The minimum Gasteiger partial charge on any atom is -0.343 e. The lowest BCUT2D eigenvalue weighted by Crippen LogP contribution is -2.25. The first-order valence-corrected chi connectivity index (χ1v) is 11.9. The number of rotatable bonds is 5. The standard InChI is InChI=1S/C23H31F3N2O2S/c1-14(23(24,25)26)13-28-15(2)20(31(27,29)30)12-19(28)16-9-17(21(3,4)5)11-18(10-16)22(6)7-8-22/h9-12,14H,7-8,13H2,1-6H3,(H2,27,29,30). The van der Waals surface area contributed by atoms with Crippen molar-refractivity contribution in [1.29, 1.82) is 0 Å². The van der Waals surface area contributed by atoms with E-state index in [1.165, 1.54) is 17.6 Å². The second kappa shape index (κ2) is 7.37. The zero-order valence-electron chi connectivity index (χ0n) is 18.9. The first-order chi connectivity index (χ1) is 13.9. The van der Waals surface area contributed by atoms with Crippen molar-refractivity contribution in [3.8, 4) is 11.3 Å². The van der Waals surface area contributed by atoms with E-state index in [1.54, 1.807) is 0 Å². The molecule has 1 atom stereocenters. The minimum atomic E-state index is -4.39. The van der Waals surface area contributed by atoms with Crippen molar-refractivity contribution in [3.05, 3.63) is 41.1 Å². The Labute approximate surface area is 182 Å². The highest BCUT2D eigenvalue weighted by atomic mass is 32.2. The van der Waals surface area contributed by atoms with Crippen LogP contribution in [0.1, 0.15) is 64.3 Å². The van der Waals surface area contributed by atoms with E-state index >= 15 is 0 Å². The Morgan fingerprint density at radius 1 is 1.13 bits per heavy atom. The molecule has 1 aromatic heterocycles. The maximum Gasteiger partial charge on any atom is 0.393 e. The van der Waals surface area contributed by atoms with Crippen LogP contribution in [-0.2, 0) is 27.4 Å². The Kier molecular flexibility index (Phi) is 5.67. The van der Waals surface area contributed by atoms with Gasteiger partial charge in [-0.3, -0.25) is 0 Å². The van der Waals surface area contributed by atoms with Crippen LogP contribution in [0.3, 0.4) is 0 Å². The summed E-state index contributed by atoms with van der Waals surface area (Å²) in [6.45, 7) is 10.6. The van der Waals surface area contributed by atoms with E-state index < -0.39 is 22.1 Å². The fourth-order valence-corrected chi connectivity index (χ4v) is 4.59. The third-order valence-corrected chi connectivity index (χ3v) is 7.46. The number of sulfonamides is 1. The Balaban J connectivity index is 2.26. The highest BCUT2D eigenvalue weighted by Gasteiger charge is 2.40. The van der Waals surface area contributed by atoms with Gasteiger partial charge in [0.15, 0.2) is 0 Å². The fraction of sp³-hybridized carbons (Fsp3) is 0.565. The predicted octanol–water partition coefficient (Wildman–Crippen LogP) is 5.66. The maximum atomic E-state index is 13.3. The van der Waals surface area contributed by atoms with Crippen molar-refractivity contribution >= 4 is 10.0 Å². The van der Waals surface area contributed by atoms with E-state index in [4.69, 9.17) is 5.14 Å². The summed E-state index contributed by atoms with van der Waals surface area (Å²) in [6, 6.07) is 7.51. The largest absolute Gasteiger partial charge is 0.393 e. The monoisotopic (exact) mass is 456 g/mol. The molecular formula is C23H31F3N2O2S. The summed E-state index contributed by atoms with van der Waals surface area (Å²) in [6.07, 6.45) is -2.29. The van der Waals surface area contributed by atoms with Crippen molar-refractivity contribution in [2.75, 3.05) is 0 Å². The van der Waals surface area contributed by atoms with Crippen LogP contribution in [-0.4, -0.2) is 19.2 Å². The molecule has 1 aliphatic carbocycles. The molecule has 0 aliphatic heterocycles. The van der Waals surface area contributed by atoms with Crippen LogP contribution in [0.4, 0.5) is 13.2 Å². The number of hydrogen-bond donors (Lipinski definition) is 1. The van der Waals surface area contributed by atoms with Crippen LogP contribution in [0.25, 0.3) is 11.3 Å². The number of aromatic nitrogens is 1.